The summed E-state index contributed by atoms with van der Waals surface area (Å²) in [4.78, 5) is 31.2. The highest BCUT2D eigenvalue weighted by molar-refractivity contribution is 6.46. The molecule has 0 radical (unpaired) electrons. The molecule has 2 fully saturated rings. The largest absolute Gasteiger partial charge is 0.507 e. The van der Waals surface area contributed by atoms with Crippen LogP contribution in [0, 0.1) is 6.92 Å². The van der Waals surface area contributed by atoms with Crippen molar-refractivity contribution in [3.05, 3.63) is 130 Å². The Hall–Kier alpha value is -5.12. The van der Waals surface area contributed by atoms with E-state index in [1.807, 2.05) is 67.6 Å². The fourth-order valence-electron chi connectivity index (χ4n) is 6.25. The first kappa shape index (κ1) is 33.8. The summed E-state index contributed by atoms with van der Waals surface area (Å²) >= 11 is 0. The molecule has 4 aromatic carbocycles. The minimum atomic E-state index is -0.821. The van der Waals surface area contributed by atoms with Gasteiger partial charge in [-0.1, -0.05) is 60.7 Å². The molecule has 9 nitrogen and oxygen atoms in total. The van der Waals surface area contributed by atoms with Crippen molar-refractivity contribution in [1.82, 2.24) is 9.80 Å². The average molecular weight is 663 g/mol. The van der Waals surface area contributed by atoms with Gasteiger partial charge in [0.2, 0.25) is 0 Å². The second kappa shape index (κ2) is 15.9. The number of hydrogen-bond acceptors (Lipinski definition) is 8. The Bertz CT molecular complexity index is 1780. The van der Waals surface area contributed by atoms with Gasteiger partial charge >= 0.3 is 0 Å². The van der Waals surface area contributed by atoms with E-state index in [9.17, 15) is 14.7 Å². The van der Waals surface area contributed by atoms with Crippen molar-refractivity contribution in [2.24, 2.45) is 0 Å². The third-order valence-corrected chi connectivity index (χ3v) is 9.04. The Balaban J connectivity index is 1.28. The lowest BCUT2D eigenvalue weighted by atomic mass is 9.95. The summed E-state index contributed by atoms with van der Waals surface area (Å²) in [5.41, 5.74) is 4.30. The van der Waals surface area contributed by atoms with Gasteiger partial charge in [0.1, 0.15) is 24.7 Å². The maximum Gasteiger partial charge on any atom is 0.295 e. The molecule has 1 N–H and O–H groups in total. The van der Waals surface area contributed by atoms with Crippen LogP contribution in [0.2, 0.25) is 0 Å². The zero-order chi connectivity index (χ0) is 34.2. The van der Waals surface area contributed by atoms with E-state index in [-0.39, 0.29) is 11.3 Å². The molecule has 0 aromatic heterocycles. The van der Waals surface area contributed by atoms with Gasteiger partial charge in [-0.2, -0.15) is 0 Å². The van der Waals surface area contributed by atoms with E-state index < -0.39 is 17.7 Å². The van der Waals surface area contributed by atoms with Gasteiger partial charge in [0.15, 0.2) is 11.5 Å². The number of carbonyl (C=O) groups excluding carboxylic acids is 2. The van der Waals surface area contributed by atoms with Crippen molar-refractivity contribution in [3.8, 4) is 17.2 Å². The number of hydrogen-bond donors (Lipinski definition) is 1. The summed E-state index contributed by atoms with van der Waals surface area (Å²) in [7, 11) is 1.55. The maximum atomic E-state index is 13.7. The molecule has 2 heterocycles. The predicted molar refractivity (Wildman–Crippen MR) is 187 cm³/mol. The summed E-state index contributed by atoms with van der Waals surface area (Å²) in [6.45, 7) is 6.90. The molecule has 2 aliphatic heterocycles. The van der Waals surface area contributed by atoms with E-state index in [0.29, 0.717) is 67.8 Å². The van der Waals surface area contributed by atoms with Crippen molar-refractivity contribution in [3.63, 3.8) is 0 Å². The quantitative estimate of drug-likeness (QED) is 0.101. The van der Waals surface area contributed by atoms with E-state index in [1.54, 1.807) is 48.4 Å². The van der Waals surface area contributed by atoms with E-state index in [1.165, 1.54) is 0 Å². The number of nitrogens with zero attached hydrogens (tertiary/aromatic N) is 2. The molecule has 2 aliphatic rings. The van der Waals surface area contributed by atoms with Crippen molar-refractivity contribution in [1.29, 1.82) is 0 Å². The van der Waals surface area contributed by atoms with Crippen molar-refractivity contribution < 1.29 is 33.6 Å². The Labute approximate surface area is 287 Å². The number of carbonyl (C=O) groups is 2. The lowest BCUT2D eigenvalue weighted by Gasteiger charge is -2.29. The summed E-state index contributed by atoms with van der Waals surface area (Å²) in [5.74, 6) is -0.000970. The van der Waals surface area contributed by atoms with Gasteiger partial charge in [-0.3, -0.25) is 14.5 Å². The van der Waals surface area contributed by atoms with Gasteiger partial charge in [0, 0.05) is 31.7 Å². The molecular weight excluding hydrogens is 620 g/mol. The number of methoxy groups -OCH3 is 1. The fraction of sp³-hybridized carbons (Fsp3) is 0.300. The Morgan fingerprint density at radius 3 is 2.31 bits per heavy atom. The predicted octanol–water partition coefficient (Wildman–Crippen LogP) is 6.31. The molecule has 49 heavy (non-hydrogen) atoms. The van der Waals surface area contributed by atoms with Crippen LogP contribution in [0.3, 0.4) is 0 Å². The molecular formula is C40H42N2O7. The first-order valence-electron chi connectivity index (χ1n) is 16.6. The number of aryl methyl sites for hydroxylation is 1. The smallest absolute Gasteiger partial charge is 0.295 e. The van der Waals surface area contributed by atoms with E-state index in [2.05, 4.69) is 4.90 Å². The highest BCUT2D eigenvalue weighted by Crippen LogP contribution is 2.42. The molecule has 1 atom stereocenters. The number of ether oxygens (including phenoxy) is 4. The minimum absolute atomic E-state index is 0.0324. The van der Waals surface area contributed by atoms with Crippen molar-refractivity contribution in [2.45, 2.75) is 32.6 Å². The van der Waals surface area contributed by atoms with Gasteiger partial charge in [-0.05, 0) is 72.0 Å². The lowest BCUT2D eigenvalue weighted by molar-refractivity contribution is -0.140. The number of Topliss-reactive ketones (excluding diaryl/α,β-unsaturated/α-hetero) is 1. The first-order valence-corrected chi connectivity index (χ1v) is 16.6. The number of rotatable bonds is 13. The first-order chi connectivity index (χ1) is 23.9. The SMILES string of the molecule is COc1cc(C2/C(=C(\O)c3ccc(OCc4ccccc4C)cc3)C(=O)C(=O)N2CCCN2CCOCC2)ccc1OCc1ccccc1. The lowest BCUT2D eigenvalue weighted by Crippen LogP contribution is -2.39. The number of benzene rings is 4. The number of aliphatic hydroxyl groups excluding tert-OH is 1. The molecule has 254 valence electrons. The van der Waals surface area contributed by atoms with Crippen LogP contribution < -0.4 is 14.2 Å². The average Bonchev–Trinajstić information content (AvgIpc) is 3.39. The third kappa shape index (κ3) is 7.96. The van der Waals surface area contributed by atoms with Crippen molar-refractivity contribution >= 4 is 17.4 Å². The standard InChI is InChI=1S/C40H42N2O7/c1-28-9-6-7-12-32(28)27-48-33-16-13-30(14-17-33)38(43)36-37(42(40(45)39(36)44)20-8-19-41-21-23-47-24-22-41)31-15-18-34(35(25-31)46-2)49-26-29-10-4-3-5-11-29/h3-7,9-18,25,37,43H,8,19-24,26-27H2,1-2H3/b38-36+. The van der Waals surface area contributed by atoms with Crippen LogP contribution in [-0.2, 0) is 27.5 Å². The van der Waals surface area contributed by atoms with E-state index in [0.717, 1.165) is 36.3 Å². The van der Waals surface area contributed by atoms with Gasteiger partial charge in [0.25, 0.3) is 11.7 Å². The zero-order valence-corrected chi connectivity index (χ0v) is 28.0. The highest BCUT2D eigenvalue weighted by atomic mass is 16.5. The molecule has 0 spiro atoms. The topological polar surface area (TPSA) is 97.8 Å². The maximum absolute atomic E-state index is 13.7. The third-order valence-electron chi connectivity index (χ3n) is 9.04. The molecule has 0 aliphatic carbocycles. The second-order valence-electron chi connectivity index (χ2n) is 12.2. The number of morpholine rings is 1. The second-order valence-corrected chi connectivity index (χ2v) is 12.2. The molecule has 1 unspecified atom stereocenters. The van der Waals surface area contributed by atoms with Crippen LogP contribution in [0.5, 0.6) is 17.2 Å². The summed E-state index contributed by atoms with van der Waals surface area (Å²) in [6, 6.07) is 29.3. The van der Waals surface area contributed by atoms with Crippen LogP contribution in [0.1, 0.15) is 40.3 Å². The van der Waals surface area contributed by atoms with Crippen LogP contribution in [0.15, 0.2) is 103 Å². The monoisotopic (exact) mass is 662 g/mol. The van der Waals surface area contributed by atoms with Gasteiger partial charge in [-0.15, -0.1) is 0 Å². The summed E-state index contributed by atoms with van der Waals surface area (Å²) in [5, 5.41) is 11.7. The van der Waals surface area contributed by atoms with Gasteiger partial charge in [-0.25, -0.2) is 0 Å². The van der Waals surface area contributed by atoms with E-state index in [4.69, 9.17) is 18.9 Å². The van der Waals surface area contributed by atoms with Crippen LogP contribution in [-0.4, -0.2) is 73.1 Å². The summed E-state index contributed by atoms with van der Waals surface area (Å²) in [6.07, 6.45) is 0.659. The summed E-state index contributed by atoms with van der Waals surface area (Å²) < 4.78 is 23.3. The molecule has 1 amide bonds. The Kier molecular flexibility index (Phi) is 10.9. The minimum Gasteiger partial charge on any atom is -0.507 e. The molecule has 0 saturated carbocycles. The zero-order valence-electron chi connectivity index (χ0n) is 28.0. The molecule has 2 saturated heterocycles. The molecule has 0 bridgehead atoms. The van der Waals surface area contributed by atoms with E-state index >= 15 is 0 Å². The molecule has 4 aromatic rings. The normalized spacial score (nSPS) is 17.7. The fourth-order valence-corrected chi connectivity index (χ4v) is 6.25. The van der Waals surface area contributed by atoms with Crippen LogP contribution in [0.25, 0.3) is 5.76 Å². The van der Waals surface area contributed by atoms with Gasteiger partial charge in [0.05, 0.1) is 31.9 Å². The van der Waals surface area contributed by atoms with Crippen LogP contribution in [0.4, 0.5) is 0 Å². The number of aliphatic hydroxyl groups is 1. The number of ketones is 1. The number of likely N-dealkylation sites (tertiary alicyclic amines) is 1. The van der Waals surface area contributed by atoms with Gasteiger partial charge < -0.3 is 29.0 Å². The Morgan fingerprint density at radius 1 is 0.837 bits per heavy atom. The van der Waals surface area contributed by atoms with Crippen LogP contribution >= 0.6 is 0 Å². The number of amides is 1. The molecule has 6 rings (SSSR count). The highest BCUT2D eigenvalue weighted by Gasteiger charge is 2.46. The molecule has 9 heteroatoms. The Morgan fingerprint density at radius 2 is 1.57 bits per heavy atom. The van der Waals surface area contributed by atoms with Crippen molar-refractivity contribution in [2.75, 3.05) is 46.5 Å².